The van der Waals surface area contributed by atoms with Crippen LogP contribution in [-0.2, 0) is 10.0 Å². The Morgan fingerprint density at radius 3 is 2.55 bits per heavy atom. The van der Waals surface area contributed by atoms with Crippen molar-refractivity contribution in [1.82, 2.24) is 19.9 Å². The average Bonchev–Trinajstić information content (AvgIpc) is 2.83. The van der Waals surface area contributed by atoms with Crippen molar-refractivity contribution in [2.45, 2.75) is 18.7 Å². The van der Waals surface area contributed by atoms with E-state index in [1.165, 1.54) is 31.8 Å². The average molecular weight is 466 g/mol. The Balaban J connectivity index is 1.85. The number of hydrogen-bond acceptors (Lipinski definition) is 8. The smallest absolute Gasteiger partial charge is 0.270 e. The first-order valence-corrected chi connectivity index (χ1v) is 11.7. The fraction of sp³-hybridized carbons (Fsp3) is 0.217. The van der Waals surface area contributed by atoms with Crippen LogP contribution in [0.2, 0.25) is 0 Å². The van der Waals surface area contributed by atoms with Gasteiger partial charge in [0.15, 0.2) is 5.82 Å². The highest BCUT2D eigenvalue weighted by Crippen LogP contribution is 2.38. The second-order valence-corrected chi connectivity index (χ2v) is 9.39. The highest BCUT2D eigenvalue weighted by Gasteiger charge is 2.31. The second-order valence-electron chi connectivity index (χ2n) is 7.60. The van der Waals surface area contributed by atoms with Gasteiger partial charge in [-0.2, -0.15) is 4.98 Å². The Hall–Kier alpha value is -3.79. The van der Waals surface area contributed by atoms with Crippen LogP contribution < -0.4 is 13.8 Å². The van der Waals surface area contributed by atoms with Crippen LogP contribution >= 0.6 is 0 Å². The van der Waals surface area contributed by atoms with Crippen LogP contribution in [0.25, 0.3) is 10.8 Å². The van der Waals surface area contributed by atoms with Crippen LogP contribution in [-0.4, -0.2) is 42.1 Å². The Morgan fingerprint density at radius 2 is 1.82 bits per heavy atom. The summed E-state index contributed by atoms with van der Waals surface area (Å²) in [6.45, 7) is 4.51. The molecular weight excluding hydrogens is 442 g/mol. The molecule has 0 aliphatic heterocycles. The van der Waals surface area contributed by atoms with Gasteiger partial charge in [0.05, 0.1) is 18.6 Å². The van der Waals surface area contributed by atoms with Gasteiger partial charge in [0.25, 0.3) is 10.0 Å². The molecule has 170 valence electrons. The molecule has 0 aliphatic rings. The van der Waals surface area contributed by atoms with Gasteiger partial charge in [-0.25, -0.2) is 22.7 Å². The van der Waals surface area contributed by atoms with Crippen molar-refractivity contribution >= 4 is 32.3 Å². The lowest BCUT2D eigenvalue weighted by Crippen LogP contribution is -2.28. The molecule has 0 atom stereocenters. The van der Waals surface area contributed by atoms with Gasteiger partial charge in [0, 0.05) is 36.1 Å². The lowest BCUT2D eigenvalue weighted by Gasteiger charge is -2.25. The number of ether oxygens (including phenoxy) is 2. The Kier molecular flexibility index (Phi) is 6.36. The molecule has 1 aromatic carbocycles. The molecule has 0 spiro atoms. The summed E-state index contributed by atoms with van der Waals surface area (Å²) in [6.07, 6.45) is 6.04. The molecule has 4 aromatic rings. The summed E-state index contributed by atoms with van der Waals surface area (Å²) >= 11 is 0. The van der Waals surface area contributed by atoms with Crippen molar-refractivity contribution in [3.05, 3.63) is 67.4 Å². The van der Waals surface area contributed by atoms with Gasteiger partial charge in [-0.3, -0.25) is 4.98 Å². The zero-order valence-corrected chi connectivity index (χ0v) is 19.2. The summed E-state index contributed by atoms with van der Waals surface area (Å²) in [7, 11) is -2.69. The van der Waals surface area contributed by atoms with E-state index in [1.807, 2.05) is 13.8 Å². The van der Waals surface area contributed by atoms with Gasteiger partial charge in [-0.1, -0.05) is 19.9 Å². The molecule has 4 rings (SSSR count). The topological polar surface area (TPSA) is 107 Å². The van der Waals surface area contributed by atoms with Crippen molar-refractivity contribution in [1.29, 1.82) is 0 Å². The van der Waals surface area contributed by atoms with Crippen LogP contribution in [0.5, 0.6) is 11.8 Å². The number of anilines is 2. The molecule has 3 aromatic heterocycles. The van der Waals surface area contributed by atoms with E-state index in [0.717, 1.165) is 15.1 Å². The minimum atomic E-state index is -4.11. The van der Waals surface area contributed by atoms with E-state index in [9.17, 15) is 8.42 Å². The first-order chi connectivity index (χ1) is 15.9. The first kappa shape index (κ1) is 22.4. The summed E-state index contributed by atoms with van der Waals surface area (Å²) in [5, 5.41) is 1.58. The zero-order chi connectivity index (χ0) is 23.4. The van der Waals surface area contributed by atoms with Gasteiger partial charge >= 0.3 is 0 Å². The normalized spacial score (nSPS) is 11.5. The van der Waals surface area contributed by atoms with E-state index in [1.54, 1.807) is 42.7 Å². The minimum absolute atomic E-state index is 0.0852. The number of nitrogens with zero attached hydrogens (tertiary/aromatic N) is 5. The van der Waals surface area contributed by atoms with Crippen molar-refractivity contribution in [3.8, 4) is 11.8 Å². The molecule has 0 radical (unpaired) electrons. The molecule has 0 bridgehead atoms. The van der Waals surface area contributed by atoms with Crippen LogP contribution in [0.3, 0.4) is 0 Å². The van der Waals surface area contributed by atoms with Gasteiger partial charge in [0.1, 0.15) is 12.0 Å². The molecule has 0 amide bonds. The highest BCUT2D eigenvalue weighted by molar-refractivity contribution is 7.93. The SMILES string of the molecule is COc1nc(OCC(C)C)ccc1N(c1ccncn1)S(=O)(=O)c1ccc2cnccc2c1. The summed E-state index contributed by atoms with van der Waals surface area (Å²) < 4.78 is 40.0. The van der Waals surface area contributed by atoms with Gasteiger partial charge < -0.3 is 9.47 Å². The largest absolute Gasteiger partial charge is 0.479 e. The van der Waals surface area contributed by atoms with E-state index in [-0.39, 0.29) is 22.3 Å². The molecule has 10 heteroatoms. The number of rotatable bonds is 8. The molecule has 9 nitrogen and oxygen atoms in total. The molecule has 0 aliphatic carbocycles. The third-order valence-corrected chi connectivity index (χ3v) is 6.43. The molecular formula is C23H23N5O4S. The van der Waals surface area contributed by atoms with Gasteiger partial charge in [-0.05, 0) is 35.6 Å². The fourth-order valence-electron chi connectivity index (χ4n) is 3.16. The lowest BCUT2D eigenvalue weighted by molar-refractivity contribution is 0.257. The number of methoxy groups -OCH3 is 1. The van der Waals surface area contributed by atoms with E-state index < -0.39 is 10.0 Å². The predicted molar refractivity (Wildman–Crippen MR) is 124 cm³/mol. The maximum absolute atomic E-state index is 13.9. The first-order valence-electron chi connectivity index (χ1n) is 10.2. The summed E-state index contributed by atoms with van der Waals surface area (Å²) in [4.78, 5) is 16.6. The summed E-state index contributed by atoms with van der Waals surface area (Å²) in [5.74, 6) is 0.875. The van der Waals surface area contributed by atoms with Crippen LogP contribution in [0.1, 0.15) is 13.8 Å². The predicted octanol–water partition coefficient (Wildman–Crippen LogP) is 3.99. The molecule has 0 unspecified atom stereocenters. The Labute approximate surface area is 192 Å². The zero-order valence-electron chi connectivity index (χ0n) is 18.4. The van der Waals surface area contributed by atoms with E-state index in [2.05, 4.69) is 19.9 Å². The number of hydrogen-bond donors (Lipinski definition) is 0. The van der Waals surface area contributed by atoms with Crippen LogP contribution in [0.15, 0.2) is 72.3 Å². The number of sulfonamides is 1. The number of aromatic nitrogens is 4. The third-order valence-electron chi connectivity index (χ3n) is 4.72. The second kappa shape index (κ2) is 9.37. The molecule has 33 heavy (non-hydrogen) atoms. The maximum Gasteiger partial charge on any atom is 0.270 e. The van der Waals surface area contributed by atoms with E-state index >= 15 is 0 Å². The molecule has 0 saturated heterocycles. The van der Waals surface area contributed by atoms with E-state index in [0.29, 0.717) is 18.4 Å². The maximum atomic E-state index is 13.9. The summed E-state index contributed by atoms with van der Waals surface area (Å²) in [6, 6.07) is 11.3. The molecule has 0 fully saturated rings. The lowest BCUT2D eigenvalue weighted by atomic mass is 10.2. The minimum Gasteiger partial charge on any atom is -0.479 e. The molecule has 0 saturated carbocycles. The number of fused-ring (bicyclic) bond motifs is 1. The molecule has 3 heterocycles. The summed E-state index contributed by atoms with van der Waals surface area (Å²) in [5.41, 5.74) is 0.197. The monoisotopic (exact) mass is 465 g/mol. The Bertz CT molecular complexity index is 1360. The number of pyridine rings is 2. The van der Waals surface area contributed by atoms with Crippen molar-refractivity contribution < 1.29 is 17.9 Å². The van der Waals surface area contributed by atoms with Crippen LogP contribution in [0.4, 0.5) is 11.5 Å². The molecule has 0 N–H and O–H groups in total. The van der Waals surface area contributed by atoms with E-state index in [4.69, 9.17) is 9.47 Å². The fourth-order valence-corrected chi connectivity index (χ4v) is 4.64. The Morgan fingerprint density at radius 1 is 1.00 bits per heavy atom. The van der Waals surface area contributed by atoms with Crippen molar-refractivity contribution in [2.24, 2.45) is 5.92 Å². The standard InChI is InChI=1S/C23H23N5O4S/c1-16(2)14-32-22-7-6-20(23(27-22)31-3)28(21-9-11-25-15-26-21)33(29,30)19-5-4-18-13-24-10-8-17(18)12-19/h4-13,15-16H,14H2,1-3H3. The number of benzene rings is 1. The van der Waals surface area contributed by atoms with Gasteiger partial charge in [0.2, 0.25) is 11.8 Å². The highest BCUT2D eigenvalue weighted by atomic mass is 32.2. The van der Waals surface area contributed by atoms with Crippen molar-refractivity contribution in [2.75, 3.05) is 18.0 Å². The van der Waals surface area contributed by atoms with Crippen molar-refractivity contribution in [3.63, 3.8) is 0 Å². The third kappa shape index (κ3) is 4.70. The van der Waals surface area contributed by atoms with Crippen LogP contribution in [0, 0.1) is 5.92 Å². The quantitative estimate of drug-likeness (QED) is 0.384. The van der Waals surface area contributed by atoms with Gasteiger partial charge in [-0.15, -0.1) is 0 Å².